The average Bonchev–Trinajstić information content (AvgIpc) is 3.80. The summed E-state index contributed by atoms with van der Waals surface area (Å²) in [6.07, 6.45) is 11.3. The Labute approximate surface area is 309 Å². The molecule has 0 amide bonds. The van der Waals surface area contributed by atoms with E-state index in [1.807, 2.05) is 52.0 Å². The van der Waals surface area contributed by atoms with Crippen LogP contribution in [0.5, 0.6) is 0 Å². The van der Waals surface area contributed by atoms with Crippen LogP contribution in [0.2, 0.25) is 0 Å². The van der Waals surface area contributed by atoms with Crippen molar-refractivity contribution in [3.63, 3.8) is 0 Å². The number of hydrogen-bond acceptors (Lipinski definition) is 6. The maximum Gasteiger partial charge on any atom is 2.00 e. The van der Waals surface area contributed by atoms with Crippen LogP contribution in [0.4, 0.5) is 0 Å². The molecule has 9 nitrogen and oxygen atoms in total. The third-order valence-electron chi connectivity index (χ3n) is 10.6. The molecule has 3 aromatic rings. The van der Waals surface area contributed by atoms with Crippen molar-refractivity contribution >= 4 is 70.6 Å². The Balaban J connectivity index is 0.00000486. The summed E-state index contributed by atoms with van der Waals surface area (Å²) in [7, 11) is 1.34. The van der Waals surface area contributed by atoms with E-state index in [0.29, 0.717) is 22.6 Å². The number of fused-ring (bicyclic) bond motifs is 8. The summed E-state index contributed by atoms with van der Waals surface area (Å²) in [4.78, 5) is 40.1. The van der Waals surface area contributed by atoms with Gasteiger partial charge in [-0.05, 0) is 76.2 Å². The van der Waals surface area contributed by atoms with Gasteiger partial charge < -0.3 is 34.8 Å². The van der Waals surface area contributed by atoms with E-state index in [9.17, 15) is 14.7 Å². The zero-order valence-corrected chi connectivity index (χ0v) is 31.8. The Kier molecular flexibility index (Phi) is 10.8. The summed E-state index contributed by atoms with van der Waals surface area (Å²) < 4.78 is 10.8. The molecule has 1 aliphatic carbocycles. The Bertz CT molecular complexity index is 2190. The minimum atomic E-state index is -1.00. The first-order valence-electron chi connectivity index (χ1n) is 17.1. The number of hydrogen-bond donors (Lipinski definition) is 3. The second-order valence-electron chi connectivity index (χ2n) is 13.6. The van der Waals surface area contributed by atoms with Gasteiger partial charge in [-0.3, -0.25) is 9.59 Å². The smallest absolute Gasteiger partial charge is 0.657 e. The number of methoxy groups -OCH3 is 1. The third-order valence-corrected chi connectivity index (χ3v) is 10.6. The van der Waals surface area contributed by atoms with E-state index in [2.05, 4.69) is 43.7 Å². The van der Waals surface area contributed by atoms with Gasteiger partial charge in [-0.2, -0.15) is 0 Å². The number of nitrogens with zero attached hydrogens (tertiary/aromatic N) is 2. The van der Waals surface area contributed by atoms with Gasteiger partial charge in [-0.25, -0.2) is 0 Å². The quantitative estimate of drug-likeness (QED) is 0.188. The topological polar surface area (TPSA) is 129 Å². The molecule has 5 heterocycles. The zero-order valence-electron chi connectivity index (χ0n) is 30.4. The Morgan fingerprint density at radius 3 is 2.44 bits per heavy atom. The van der Waals surface area contributed by atoms with Crippen LogP contribution in [-0.4, -0.2) is 64.8 Å². The number of ether oxygens (including phenoxy) is 2. The van der Waals surface area contributed by atoms with E-state index in [4.69, 9.17) is 19.4 Å². The van der Waals surface area contributed by atoms with Crippen LogP contribution >= 0.6 is 0 Å². The first-order chi connectivity index (χ1) is 23.4. The van der Waals surface area contributed by atoms with Gasteiger partial charge in [0.2, 0.25) is 0 Å². The SMILES string of the molecule is C=Cc1c2[n-]c(c1C)/C=C1/NC(C3=c4[nH]c(c(C)c4=C(O)[C@@H]3C(=O)OC)/C=c3\[n-]/c(c(C)c3CC)=C\2)[C@@H](CCC(=O)OCC=C(C)C)[C@@H]1C.[Mg+2]. The van der Waals surface area contributed by atoms with E-state index in [1.54, 1.807) is 0 Å². The number of aliphatic hydroxyl groups is 1. The molecule has 0 spiro atoms. The van der Waals surface area contributed by atoms with Crippen molar-refractivity contribution in [2.24, 2.45) is 17.8 Å². The molecule has 3 N–H and O–H groups in total. The fourth-order valence-corrected chi connectivity index (χ4v) is 7.77. The average molecular weight is 687 g/mol. The van der Waals surface area contributed by atoms with E-state index < -0.39 is 17.9 Å². The molecule has 0 radical (unpaired) electrons. The predicted octanol–water partition coefficient (Wildman–Crippen LogP) is 2.82. The fourth-order valence-electron chi connectivity index (χ4n) is 7.77. The Morgan fingerprint density at radius 1 is 1.04 bits per heavy atom. The van der Waals surface area contributed by atoms with Gasteiger partial charge in [-0.1, -0.05) is 67.0 Å². The molecule has 6 rings (SSSR count). The molecule has 10 heteroatoms. The van der Waals surface area contributed by atoms with Crippen molar-refractivity contribution in [1.29, 1.82) is 0 Å². The van der Waals surface area contributed by atoms with Crippen LogP contribution in [0.15, 0.2) is 23.9 Å². The molecule has 0 aromatic carbocycles. The van der Waals surface area contributed by atoms with Crippen LogP contribution in [-0.2, 0) is 25.5 Å². The number of carbonyl (C=O) groups is 2. The van der Waals surface area contributed by atoms with Crippen LogP contribution in [0.1, 0.15) is 85.4 Å². The summed E-state index contributed by atoms with van der Waals surface area (Å²) in [6.45, 7) is 18.6. The number of carbonyl (C=O) groups excluding carboxylic acids is 2. The van der Waals surface area contributed by atoms with Crippen molar-refractivity contribution in [1.82, 2.24) is 20.3 Å². The normalized spacial score (nSPS) is 22.6. The monoisotopic (exact) mass is 686 g/mol. The van der Waals surface area contributed by atoms with Gasteiger partial charge in [0.05, 0.1) is 18.5 Å². The number of aromatic amines is 1. The molecular formula is C40H46MgN4O5. The van der Waals surface area contributed by atoms with Crippen molar-refractivity contribution in [3.8, 4) is 0 Å². The molecule has 3 aromatic heterocycles. The molecule has 8 bridgehead atoms. The molecule has 4 atom stereocenters. The first kappa shape index (κ1) is 37.1. The molecule has 1 fully saturated rings. The molecule has 2 aliphatic heterocycles. The minimum absolute atomic E-state index is 0. The molecule has 1 saturated heterocycles. The summed E-state index contributed by atoms with van der Waals surface area (Å²) in [6, 6.07) is -0.407. The maximum absolute atomic E-state index is 13.5. The van der Waals surface area contributed by atoms with Crippen LogP contribution in [0.25, 0.3) is 35.6 Å². The van der Waals surface area contributed by atoms with Gasteiger partial charge in [0.25, 0.3) is 0 Å². The number of H-pyrrole nitrogens is 1. The summed E-state index contributed by atoms with van der Waals surface area (Å²) in [5.74, 6) is -2.03. The van der Waals surface area contributed by atoms with Gasteiger partial charge in [-0.15, -0.1) is 22.1 Å². The van der Waals surface area contributed by atoms with Gasteiger partial charge >= 0.3 is 35.0 Å². The van der Waals surface area contributed by atoms with Crippen molar-refractivity contribution < 1.29 is 24.2 Å². The van der Waals surface area contributed by atoms with Crippen LogP contribution < -0.4 is 36.6 Å². The van der Waals surface area contributed by atoms with E-state index in [1.165, 1.54) is 7.11 Å². The molecule has 1 unspecified atom stereocenters. The van der Waals surface area contributed by atoms with Crippen molar-refractivity contribution in [2.45, 2.75) is 73.8 Å². The standard InChI is InChI=1S/C40H46N4O5.Mg/c1-10-24-20(5)27-16-29-22(7)26(12-13-33(45)49-15-14-19(3)4)37(43-29)35-36(40(47)48-9)39(46)34-23(8)30(44-38(34)35)18-32-25(11-2)21(6)28(42-32)17-31(24)41-27;/h10,14,16-18,22,26,36-37,43-44,46H,1,11-13,15H2,2-9H3;/q-2;+2/b28-17-,29-16+,32-18-;/t22-,26-,36+,37?;/m0./s1. The van der Waals surface area contributed by atoms with Crippen LogP contribution in [0, 0.1) is 38.5 Å². The third kappa shape index (κ3) is 6.32. The minimum Gasteiger partial charge on any atom is -0.657 e. The fraction of sp³-hybridized carbons (Fsp3) is 0.400. The molecule has 50 heavy (non-hydrogen) atoms. The number of aliphatic hydroxyl groups excluding tert-OH is 1. The number of allylic oxidation sites excluding steroid dienone is 2. The first-order valence-corrected chi connectivity index (χ1v) is 17.1. The Hall–Kier alpha value is -4.15. The van der Waals surface area contributed by atoms with E-state index in [-0.39, 0.29) is 59.6 Å². The Morgan fingerprint density at radius 2 is 1.78 bits per heavy atom. The van der Waals surface area contributed by atoms with E-state index in [0.717, 1.165) is 73.3 Å². The summed E-state index contributed by atoms with van der Waals surface area (Å²) in [5.41, 5.74) is 10.1. The molecular weight excluding hydrogens is 641 g/mol. The van der Waals surface area contributed by atoms with E-state index >= 15 is 0 Å². The largest absolute Gasteiger partial charge is 2.00 e. The molecule has 258 valence electrons. The zero-order chi connectivity index (χ0) is 35.3. The molecule has 3 aliphatic rings. The van der Waals surface area contributed by atoms with Crippen LogP contribution in [0.3, 0.4) is 0 Å². The van der Waals surface area contributed by atoms with Crippen molar-refractivity contribution in [2.75, 3.05) is 13.7 Å². The summed E-state index contributed by atoms with van der Waals surface area (Å²) in [5, 5.41) is 18.5. The van der Waals surface area contributed by atoms with Gasteiger partial charge in [0.15, 0.2) is 0 Å². The second kappa shape index (κ2) is 14.6. The number of nitrogens with one attached hydrogen (secondary N) is 2. The summed E-state index contributed by atoms with van der Waals surface area (Å²) >= 11 is 0. The van der Waals surface area contributed by atoms with Gasteiger partial charge in [0.1, 0.15) is 18.3 Å². The van der Waals surface area contributed by atoms with Gasteiger partial charge in [0, 0.05) is 28.9 Å². The number of esters is 2. The van der Waals surface area contributed by atoms with Crippen molar-refractivity contribution in [3.05, 3.63) is 90.1 Å². The molecule has 0 saturated carbocycles. The predicted molar refractivity (Wildman–Crippen MR) is 198 cm³/mol. The number of aromatic nitrogens is 3. The maximum atomic E-state index is 13.5. The second-order valence-corrected chi connectivity index (χ2v) is 13.6. The number of rotatable bonds is 8.